The molecule has 2 aliphatic rings. The first-order chi connectivity index (χ1) is 9.96. The van der Waals surface area contributed by atoms with Crippen LogP contribution in [-0.4, -0.2) is 37.8 Å². The maximum atomic E-state index is 12.4. The minimum absolute atomic E-state index is 0.0658. The molecule has 1 N–H and O–H groups in total. The summed E-state index contributed by atoms with van der Waals surface area (Å²) in [5, 5.41) is 2.99. The second-order valence-corrected chi connectivity index (χ2v) is 9.40. The van der Waals surface area contributed by atoms with Crippen LogP contribution in [0, 0.1) is 5.92 Å². The second-order valence-electron chi connectivity index (χ2n) is 5.52. The van der Waals surface area contributed by atoms with Gasteiger partial charge in [0.05, 0.1) is 4.34 Å². The number of carbonyl (C=O) groups excluding carboxylic acids is 1. The largest absolute Gasteiger partial charge is 0.353 e. The number of thiophene rings is 1. The summed E-state index contributed by atoms with van der Waals surface area (Å²) in [5.74, 6) is 0.0117. The Morgan fingerprint density at radius 1 is 1.24 bits per heavy atom. The molecule has 8 heteroatoms. The van der Waals surface area contributed by atoms with Gasteiger partial charge in [-0.25, -0.2) is 8.42 Å². The maximum absolute atomic E-state index is 12.4. The number of nitrogens with one attached hydrogen (secondary N) is 1. The van der Waals surface area contributed by atoms with Crippen LogP contribution in [0.15, 0.2) is 16.3 Å². The molecule has 1 aliphatic carbocycles. The molecule has 0 unspecified atom stereocenters. The first-order valence-electron chi connectivity index (χ1n) is 7.02. The lowest BCUT2D eigenvalue weighted by Gasteiger charge is -2.30. The molecule has 2 fully saturated rings. The zero-order valence-electron chi connectivity index (χ0n) is 11.4. The SMILES string of the molecule is O=C(NC1CC1)C1CCN(S(=O)(=O)c2ccc(Cl)s2)CC1. The van der Waals surface area contributed by atoms with Crippen LogP contribution in [-0.2, 0) is 14.8 Å². The molecule has 0 aromatic carbocycles. The standard InChI is InChI=1S/C13H17ClN2O3S2/c14-11-3-4-12(20-11)21(18,19)16-7-5-9(6-8-16)13(17)15-10-1-2-10/h3-4,9-10H,1-2,5-8H2,(H,15,17). The average Bonchev–Trinajstić information content (AvgIpc) is 3.16. The van der Waals surface area contributed by atoms with E-state index in [9.17, 15) is 13.2 Å². The number of hydrogen-bond donors (Lipinski definition) is 1. The molecule has 1 aromatic rings. The number of amides is 1. The molecule has 1 saturated heterocycles. The van der Waals surface area contributed by atoms with Crippen molar-refractivity contribution in [2.24, 2.45) is 5.92 Å². The molecule has 0 radical (unpaired) electrons. The first kappa shape index (κ1) is 15.3. The van der Waals surface area contributed by atoms with Gasteiger partial charge in [0.15, 0.2) is 0 Å². The Labute approximate surface area is 133 Å². The van der Waals surface area contributed by atoms with Crippen molar-refractivity contribution in [2.45, 2.75) is 35.9 Å². The summed E-state index contributed by atoms with van der Waals surface area (Å²) in [7, 11) is -3.47. The quantitative estimate of drug-likeness (QED) is 0.905. The Balaban J connectivity index is 1.61. The summed E-state index contributed by atoms with van der Waals surface area (Å²) in [6.45, 7) is 0.779. The predicted octanol–water partition coefficient (Wildman–Crippen LogP) is 2.08. The zero-order valence-corrected chi connectivity index (χ0v) is 13.8. The molecule has 1 aliphatic heterocycles. The fraction of sp³-hybridized carbons (Fsp3) is 0.615. The first-order valence-corrected chi connectivity index (χ1v) is 9.66. The summed E-state index contributed by atoms with van der Waals surface area (Å²) in [6.07, 6.45) is 3.30. The van der Waals surface area contributed by atoms with Crippen molar-refractivity contribution < 1.29 is 13.2 Å². The monoisotopic (exact) mass is 348 g/mol. The molecule has 0 spiro atoms. The number of piperidine rings is 1. The van der Waals surface area contributed by atoms with Crippen molar-refractivity contribution in [3.05, 3.63) is 16.5 Å². The van der Waals surface area contributed by atoms with Crippen molar-refractivity contribution in [3.63, 3.8) is 0 Å². The van der Waals surface area contributed by atoms with Crippen LogP contribution >= 0.6 is 22.9 Å². The molecule has 2 heterocycles. The molecule has 3 rings (SSSR count). The Morgan fingerprint density at radius 3 is 2.43 bits per heavy atom. The Bertz CT molecular complexity index is 632. The highest BCUT2D eigenvalue weighted by Crippen LogP contribution is 2.30. The molecule has 21 heavy (non-hydrogen) atoms. The molecule has 1 aromatic heterocycles. The van der Waals surface area contributed by atoms with Gasteiger partial charge in [0.2, 0.25) is 5.91 Å². The van der Waals surface area contributed by atoms with Gasteiger partial charge in [-0.05, 0) is 37.8 Å². The number of carbonyl (C=O) groups is 1. The van der Waals surface area contributed by atoms with Crippen molar-refractivity contribution in [1.82, 2.24) is 9.62 Å². The lowest BCUT2D eigenvalue weighted by Crippen LogP contribution is -2.43. The zero-order chi connectivity index (χ0) is 15.0. The third kappa shape index (κ3) is 3.41. The van der Waals surface area contributed by atoms with E-state index in [0.29, 0.717) is 36.3 Å². The lowest BCUT2D eigenvalue weighted by molar-refractivity contribution is -0.126. The van der Waals surface area contributed by atoms with E-state index in [4.69, 9.17) is 11.6 Å². The van der Waals surface area contributed by atoms with E-state index in [-0.39, 0.29) is 16.0 Å². The highest BCUT2D eigenvalue weighted by Gasteiger charge is 2.34. The minimum Gasteiger partial charge on any atom is -0.353 e. The smallest absolute Gasteiger partial charge is 0.252 e. The van der Waals surface area contributed by atoms with Crippen LogP contribution in [0.2, 0.25) is 4.34 Å². The van der Waals surface area contributed by atoms with Crippen LogP contribution in [0.25, 0.3) is 0 Å². The van der Waals surface area contributed by atoms with E-state index in [1.54, 1.807) is 6.07 Å². The molecule has 116 valence electrons. The number of rotatable bonds is 4. The minimum atomic E-state index is -3.47. The summed E-state index contributed by atoms with van der Waals surface area (Å²) >= 11 is 6.88. The Kier molecular flexibility index (Phi) is 4.27. The fourth-order valence-electron chi connectivity index (χ4n) is 2.47. The molecule has 0 bridgehead atoms. The maximum Gasteiger partial charge on any atom is 0.252 e. The normalized spacial score (nSPS) is 21.4. The summed E-state index contributed by atoms with van der Waals surface area (Å²) in [5.41, 5.74) is 0. The van der Waals surface area contributed by atoms with Crippen LogP contribution in [0.1, 0.15) is 25.7 Å². The van der Waals surface area contributed by atoms with E-state index >= 15 is 0 Å². The van der Waals surface area contributed by atoms with Gasteiger partial charge in [-0.2, -0.15) is 4.31 Å². The number of halogens is 1. The van der Waals surface area contributed by atoms with Crippen LogP contribution in [0.3, 0.4) is 0 Å². The van der Waals surface area contributed by atoms with Gasteiger partial charge in [0.1, 0.15) is 4.21 Å². The molecule has 5 nitrogen and oxygen atoms in total. The van der Waals surface area contributed by atoms with Crippen molar-refractivity contribution in [3.8, 4) is 0 Å². The third-order valence-corrected chi connectivity index (χ3v) is 7.49. The highest BCUT2D eigenvalue weighted by molar-refractivity contribution is 7.91. The van der Waals surface area contributed by atoms with E-state index < -0.39 is 10.0 Å². The number of hydrogen-bond acceptors (Lipinski definition) is 4. The Morgan fingerprint density at radius 2 is 1.90 bits per heavy atom. The van der Waals surface area contributed by atoms with Gasteiger partial charge in [-0.15, -0.1) is 11.3 Å². The van der Waals surface area contributed by atoms with Crippen LogP contribution in [0.5, 0.6) is 0 Å². The van der Waals surface area contributed by atoms with E-state index in [1.807, 2.05) is 0 Å². The molecule has 1 saturated carbocycles. The molecule has 1 amide bonds. The lowest BCUT2D eigenvalue weighted by atomic mass is 9.97. The van der Waals surface area contributed by atoms with E-state index in [0.717, 1.165) is 24.2 Å². The predicted molar refractivity (Wildman–Crippen MR) is 82.0 cm³/mol. The topological polar surface area (TPSA) is 66.5 Å². The molecular weight excluding hydrogens is 332 g/mol. The van der Waals surface area contributed by atoms with Crippen LogP contribution < -0.4 is 5.32 Å². The van der Waals surface area contributed by atoms with Gasteiger partial charge < -0.3 is 5.32 Å². The summed E-state index contributed by atoms with van der Waals surface area (Å²) in [6, 6.07) is 3.48. The van der Waals surface area contributed by atoms with Gasteiger partial charge in [-0.1, -0.05) is 11.6 Å². The van der Waals surface area contributed by atoms with Gasteiger partial charge in [0.25, 0.3) is 10.0 Å². The molecular formula is C13H17ClN2O3S2. The average molecular weight is 349 g/mol. The molecule has 0 atom stereocenters. The second kappa shape index (κ2) is 5.87. The highest BCUT2D eigenvalue weighted by atomic mass is 35.5. The number of nitrogens with zero attached hydrogens (tertiary/aromatic N) is 1. The van der Waals surface area contributed by atoms with Gasteiger partial charge in [-0.3, -0.25) is 4.79 Å². The van der Waals surface area contributed by atoms with Gasteiger partial charge >= 0.3 is 0 Å². The Hall–Kier alpha value is -0.630. The third-order valence-electron chi connectivity index (χ3n) is 3.89. The van der Waals surface area contributed by atoms with Crippen molar-refractivity contribution in [1.29, 1.82) is 0 Å². The number of sulfonamides is 1. The summed E-state index contributed by atoms with van der Waals surface area (Å²) < 4.78 is 27.1. The summed E-state index contributed by atoms with van der Waals surface area (Å²) in [4.78, 5) is 12.0. The van der Waals surface area contributed by atoms with Gasteiger partial charge in [0, 0.05) is 25.0 Å². The fourth-order valence-corrected chi connectivity index (χ4v) is 5.58. The van der Waals surface area contributed by atoms with E-state index in [1.165, 1.54) is 10.4 Å². The van der Waals surface area contributed by atoms with Crippen molar-refractivity contribution in [2.75, 3.05) is 13.1 Å². The van der Waals surface area contributed by atoms with Crippen molar-refractivity contribution >= 4 is 38.9 Å². The van der Waals surface area contributed by atoms with Crippen LogP contribution in [0.4, 0.5) is 0 Å². The van der Waals surface area contributed by atoms with E-state index in [2.05, 4.69) is 5.32 Å².